The maximum Gasteiger partial charge on any atom is 0.140 e. The number of hydrogen-bond donors (Lipinski definition) is 1. The zero-order chi connectivity index (χ0) is 14.4. The van der Waals surface area contributed by atoms with Gasteiger partial charge in [-0.05, 0) is 48.4 Å². The lowest BCUT2D eigenvalue weighted by molar-refractivity contribution is 0.629. The Kier molecular flexibility index (Phi) is 2.79. The predicted octanol–water partition coefficient (Wildman–Crippen LogP) is 3.03. The van der Waals surface area contributed by atoms with E-state index in [2.05, 4.69) is 28.5 Å². The summed E-state index contributed by atoms with van der Waals surface area (Å²) in [5, 5.41) is 3.39. The largest absolute Gasteiger partial charge is 0.327 e. The molecule has 21 heavy (non-hydrogen) atoms. The Bertz CT molecular complexity index is 835. The number of fused-ring (bicyclic) bond motifs is 2. The van der Waals surface area contributed by atoms with Crippen molar-refractivity contribution in [1.82, 2.24) is 14.9 Å². The molecule has 0 spiro atoms. The Balaban J connectivity index is 1.88. The number of benzene rings is 2. The zero-order valence-electron chi connectivity index (χ0n) is 11.9. The molecule has 1 aliphatic heterocycles. The first kappa shape index (κ1) is 12.5. The first-order chi connectivity index (χ1) is 10.2. The fourth-order valence-electron chi connectivity index (χ4n) is 3.04. The lowest BCUT2D eigenvalue weighted by Gasteiger charge is -2.17. The highest BCUT2D eigenvalue weighted by Gasteiger charge is 2.14. The van der Waals surface area contributed by atoms with Crippen molar-refractivity contribution in [2.75, 3.05) is 6.54 Å². The maximum absolute atomic E-state index is 13.4. The van der Waals surface area contributed by atoms with E-state index in [4.69, 9.17) is 0 Å². The second-order valence-corrected chi connectivity index (χ2v) is 5.54. The molecule has 1 aromatic heterocycles. The van der Waals surface area contributed by atoms with Gasteiger partial charge in [0.05, 0.1) is 11.0 Å². The van der Waals surface area contributed by atoms with E-state index in [1.165, 1.54) is 23.3 Å². The van der Waals surface area contributed by atoms with Crippen molar-refractivity contribution in [3.8, 4) is 11.4 Å². The second kappa shape index (κ2) is 4.67. The fourth-order valence-corrected chi connectivity index (χ4v) is 3.04. The minimum atomic E-state index is -0.230. The molecule has 0 bridgehead atoms. The van der Waals surface area contributed by atoms with Crippen molar-refractivity contribution in [3.63, 3.8) is 0 Å². The van der Waals surface area contributed by atoms with Gasteiger partial charge in [-0.3, -0.25) is 0 Å². The van der Waals surface area contributed by atoms with E-state index in [1.54, 1.807) is 6.07 Å². The van der Waals surface area contributed by atoms with E-state index in [0.29, 0.717) is 0 Å². The molecule has 3 aromatic rings. The third-order valence-corrected chi connectivity index (χ3v) is 4.19. The lowest BCUT2D eigenvalue weighted by atomic mass is 9.98. The van der Waals surface area contributed by atoms with Gasteiger partial charge < -0.3 is 9.88 Å². The Hall–Kier alpha value is -2.20. The van der Waals surface area contributed by atoms with E-state index in [1.807, 2.05) is 11.6 Å². The third-order valence-electron chi connectivity index (χ3n) is 4.19. The number of aryl methyl sites for hydroxylation is 1. The van der Waals surface area contributed by atoms with Crippen LogP contribution in [0.5, 0.6) is 0 Å². The van der Waals surface area contributed by atoms with Crippen molar-refractivity contribution in [2.45, 2.75) is 13.0 Å². The first-order valence-corrected chi connectivity index (χ1v) is 7.17. The van der Waals surface area contributed by atoms with E-state index in [0.717, 1.165) is 41.9 Å². The van der Waals surface area contributed by atoms with Crippen LogP contribution in [0.1, 0.15) is 11.1 Å². The molecule has 4 rings (SSSR count). The van der Waals surface area contributed by atoms with Crippen LogP contribution in [0.25, 0.3) is 22.4 Å². The van der Waals surface area contributed by atoms with Gasteiger partial charge in [-0.25, -0.2) is 9.37 Å². The van der Waals surface area contributed by atoms with Gasteiger partial charge in [-0.2, -0.15) is 0 Å². The summed E-state index contributed by atoms with van der Waals surface area (Å²) < 4.78 is 15.4. The molecule has 2 aromatic carbocycles. The quantitative estimate of drug-likeness (QED) is 0.743. The van der Waals surface area contributed by atoms with Gasteiger partial charge in [0.1, 0.15) is 11.6 Å². The number of nitrogens with one attached hydrogen (secondary N) is 1. The van der Waals surface area contributed by atoms with Gasteiger partial charge in [0, 0.05) is 19.2 Å². The molecular weight excluding hydrogens is 265 g/mol. The monoisotopic (exact) mass is 281 g/mol. The van der Waals surface area contributed by atoms with Gasteiger partial charge in [-0.15, -0.1) is 0 Å². The number of rotatable bonds is 1. The molecule has 0 fully saturated rings. The summed E-state index contributed by atoms with van der Waals surface area (Å²) in [6, 6.07) is 11.2. The molecule has 0 amide bonds. The van der Waals surface area contributed by atoms with Crippen LogP contribution in [0.15, 0.2) is 36.4 Å². The minimum Gasteiger partial charge on any atom is -0.327 e. The van der Waals surface area contributed by atoms with Gasteiger partial charge in [0.25, 0.3) is 0 Å². The molecule has 0 saturated carbocycles. The number of imidazole rings is 1. The summed E-state index contributed by atoms with van der Waals surface area (Å²) in [7, 11) is 1.93. The zero-order valence-corrected chi connectivity index (χ0v) is 11.9. The highest BCUT2D eigenvalue weighted by molar-refractivity contribution is 5.80. The summed E-state index contributed by atoms with van der Waals surface area (Å²) in [6.07, 6.45) is 1.07. The van der Waals surface area contributed by atoms with Crippen molar-refractivity contribution in [3.05, 3.63) is 53.3 Å². The normalized spacial score (nSPS) is 14.4. The molecule has 0 aliphatic carbocycles. The Morgan fingerprint density at radius 3 is 2.95 bits per heavy atom. The van der Waals surface area contributed by atoms with Gasteiger partial charge in [-0.1, -0.05) is 12.1 Å². The van der Waals surface area contributed by atoms with Crippen molar-refractivity contribution >= 4 is 11.0 Å². The van der Waals surface area contributed by atoms with Gasteiger partial charge >= 0.3 is 0 Å². The lowest BCUT2D eigenvalue weighted by Crippen LogP contribution is -2.23. The van der Waals surface area contributed by atoms with Crippen LogP contribution < -0.4 is 5.32 Å². The van der Waals surface area contributed by atoms with Crippen LogP contribution in [-0.4, -0.2) is 16.1 Å². The highest BCUT2D eigenvalue weighted by Crippen LogP contribution is 2.27. The molecule has 1 aliphatic rings. The number of aromatic nitrogens is 2. The maximum atomic E-state index is 13.4. The summed E-state index contributed by atoms with van der Waals surface area (Å²) >= 11 is 0. The van der Waals surface area contributed by atoms with E-state index in [-0.39, 0.29) is 5.82 Å². The van der Waals surface area contributed by atoms with E-state index >= 15 is 0 Å². The van der Waals surface area contributed by atoms with Crippen molar-refractivity contribution in [2.24, 2.45) is 7.05 Å². The van der Waals surface area contributed by atoms with Gasteiger partial charge in [0.2, 0.25) is 0 Å². The molecule has 106 valence electrons. The van der Waals surface area contributed by atoms with E-state index in [9.17, 15) is 4.39 Å². The molecule has 0 saturated heterocycles. The van der Waals surface area contributed by atoms with Crippen LogP contribution in [0.4, 0.5) is 4.39 Å². The highest BCUT2D eigenvalue weighted by atomic mass is 19.1. The van der Waals surface area contributed by atoms with Crippen LogP contribution >= 0.6 is 0 Å². The molecule has 0 unspecified atom stereocenters. The Labute approximate surface area is 122 Å². The minimum absolute atomic E-state index is 0.230. The third kappa shape index (κ3) is 2.03. The molecular formula is C17H16FN3. The molecule has 0 radical (unpaired) electrons. The molecule has 2 heterocycles. The number of hydrogen-bond acceptors (Lipinski definition) is 2. The smallest absolute Gasteiger partial charge is 0.140 e. The first-order valence-electron chi connectivity index (χ1n) is 7.17. The van der Waals surface area contributed by atoms with Crippen LogP contribution in [0.2, 0.25) is 0 Å². The second-order valence-electron chi connectivity index (χ2n) is 5.54. The molecule has 3 nitrogen and oxygen atoms in total. The SMILES string of the molecule is Cn1c(-c2ccc3c(c2)CNCC3)nc2ccc(F)cc21. The Morgan fingerprint density at radius 1 is 1.14 bits per heavy atom. The summed E-state index contributed by atoms with van der Waals surface area (Å²) in [4.78, 5) is 4.65. The summed E-state index contributed by atoms with van der Waals surface area (Å²) in [5.74, 6) is 0.649. The summed E-state index contributed by atoms with van der Waals surface area (Å²) in [5.41, 5.74) is 5.46. The fraction of sp³-hybridized carbons (Fsp3) is 0.235. The van der Waals surface area contributed by atoms with Crippen molar-refractivity contribution < 1.29 is 4.39 Å². The average Bonchev–Trinajstić information content (AvgIpc) is 2.84. The number of halogens is 1. The standard InChI is InChI=1S/C17H16FN3/c1-21-16-9-14(18)4-5-15(16)20-17(21)12-3-2-11-6-7-19-10-13(11)8-12/h2-5,8-9,19H,6-7,10H2,1H3. The Morgan fingerprint density at radius 2 is 2.05 bits per heavy atom. The van der Waals surface area contributed by atoms with Crippen LogP contribution in [0, 0.1) is 5.82 Å². The number of nitrogens with zero attached hydrogens (tertiary/aromatic N) is 2. The van der Waals surface area contributed by atoms with Crippen molar-refractivity contribution in [1.29, 1.82) is 0 Å². The topological polar surface area (TPSA) is 29.9 Å². The van der Waals surface area contributed by atoms with Crippen LogP contribution in [-0.2, 0) is 20.0 Å². The average molecular weight is 281 g/mol. The molecule has 0 atom stereocenters. The molecule has 1 N–H and O–H groups in total. The van der Waals surface area contributed by atoms with Gasteiger partial charge in [0.15, 0.2) is 0 Å². The predicted molar refractivity (Wildman–Crippen MR) is 81.5 cm³/mol. The van der Waals surface area contributed by atoms with Crippen LogP contribution in [0.3, 0.4) is 0 Å². The summed E-state index contributed by atoms with van der Waals surface area (Å²) in [6.45, 7) is 1.94. The molecule has 4 heteroatoms. The van der Waals surface area contributed by atoms with E-state index < -0.39 is 0 Å².